The van der Waals surface area contributed by atoms with Gasteiger partial charge in [-0.2, -0.15) is 13.2 Å². The zero-order chi connectivity index (χ0) is 13.9. The minimum Gasteiger partial charge on any atom is -0.330 e. The average molecular weight is 256 g/mol. The van der Waals surface area contributed by atoms with Crippen molar-refractivity contribution in [1.29, 1.82) is 0 Å². The Hall–Kier alpha value is -1.78. The summed E-state index contributed by atoms with van der Waals surface area (Å²) in [5.74, 6) is -0.914. The van der Waals surface area contributed by atoms with Crippen LogP contribution in [0.1, 0.15) is 25.4 Å². The van der Waals surface area contributed by atoms with Crippen molar-refractivity contribution in [1.82, 2.24) is 9.55 Å². The lowest BCUT2D eigenvalue weighted by atomic mass is 10.1. The molecule has 0 aliphatic heterocycles. The van der Waals surface area contributed by atoms with E-state index < -0.39 is 12.0 Å². The predicted octanol–water partition coefficient (Wildman–Crippen LogP) is 3.97. The Balaban J connectivity index is 3.22. The van der Waals surface area contributed by atoms with Crippen LogP contribution in [0.3, 0.4) is 0 Å². The van der Waals surface area contributed by atoms with Crippen molar-refractivity contribution in [3.05, 3.63) is 48.1 Å². The molecule has 1 aromatic heterocycles. The molecule has 0 spiro atoms. The predicted molar refractivity (Wildman–Crippen MR) is 65.8 cm³/mol. The highest BCUT2D eigenvalue weighted by molar-refractivity contribution is 5.72. The summed E-state index contributed by atoms with van der Waals surface area (Å²) in [6.45, 7) is 7.39. The Labute approximate surface area is 104 Å². The van der Waals surface area contributed by atoms with Crippen LogP contribution in [0.15, 0.2) is 36.6 Å². The smallest absolute Gasteiger partial charge is 0.330 e. The van der Waals surface area contributed by atoms with Gasteiger partial charge in [-0.05, 0) is 13.8 Å². The highest BCUT2D eigenvalue weighted by atomic mass is 19.4. The molecule has 0 bridgehead atoms. The molecule has 5 heteroatoms. The molecule has 2 nitrogen and oxygen atoms in total. The number of alkyl halides is 3. The van der Waals surface area contributed by atoms with Crippen molar-refractivity contribution < 1.29 is 13.2 Å². The lowest BCUT2D eigenvalue weighted by Gasteiger charge is -2.04. The van der Waals surface area contributed by atoms with Crippen LogP contribution >= 0.6 is 0 Å². The zero-order valence-electron chi connectivity index (χ0n) is 10.5. The molecular formula is C13H15F3N2. The summed E-state index contributed by atoms with van der Waals surface area (Å²) < 4.78 is 38.8. The number of halogens is 3. The maximum atomic E-state index is 12.6. The zero-order valence-corrected chi connectivity index (χ0v) is 10.5. The highest BCUT2D eigenvalue weighted by Crippen LogP contribution is 2.29. The van der Waals surface area contributed by atoms with Crippen molar-refractivity contribution in [3.63, 3.8) is 0 Å². The molecule has 98 valence electrons. The number of hydrogen-bond donors (Lipinski definition) is 0. The third-order valence-electron chi connectivity index (χ3n) is 2.24. The van der Waals surface area contributed by atoms with Crippen molar-refractivity contribution in [2.75, 3.05) is 0 Å². The van der Waals surface area contributed by atoms with Gasteiger partial charge in [-0.25, -0.2) is 4.98 Å². The number of allylic oxidation sites excluding steroid dienone is 5. The molecule has 0 aliphatic carbocycles. The molecule has 1 rings (SSSR count). The standard InChI is InChI=1S/C13H15F3N2/c1-5-10(7-6-9(2)3)11-8-18(4)12(17-11)13(14,15)16/h5-8H,1H2,2-4H3/b10-7+. The first-order valence-electron chi connectivity index (χ1n) is 5.34. The van der Waals surface area contributed by atoms with E-state index in [0.717, 1.165) is 10.1 Å². The Morgan fingerprint density at radius 2 is 1.94 bits per heavy atom. The summed E-state index contributed by atoms with van der Waals surface area (Å²) in [7, 11) is 1.32. The van der Waals surface area contributed by atoms with Crippen LogP contribution in [-0.4, -0.2) is 9.55 Å². The number of rotatable bonds is 3. The van der Waals surface area contributed by atoms with Crippen LogP contribution in [0, 0.1) is 0 Å². The SMILES string of the molecule is C=C/C(=C\C=C(C)C)c1cn(C)c(C(F)(F)F)n1. The number of nitrogens with zero attached hydrogens (tertiary/aromatic N) is 2. The third kappa shape index (κ3) is 3.35. The molecule has 18 heavy (non-hydrogen) atoms. The Bertz CT molecular complexity index is 501. The molecule has 0 unspecified atom stereocenters. The second-order valence-electron chi connectivity index (χ2n) is 4.13. The van der Waals surface area contributed by atoms with E-state index in [-0.39, 0.29) is 5.69 Å². The summed E-state index contributed by atoms with van der Waals surface area (Å²) in [4.78, 5) is 3.60. The van der Waals surface area contributed by atoms with E-state index in [0.29, 0.717) is 5.57 Å². The van der Waals surface area contributed by atoms with E-state index in [1.807, 2.05) is 13.8 Å². The molecule has 0 amide bonds. The third-order valence-corrected chi connectivity index (χ3v) is 2.24. The average Bonchev–Trinajstić information content (AvgIpc) is 2.60. The first kappa shape index (κ1) is 14.3. The van der Waals surface area contributed by atoms with Crippen LogP contribution in [-0.2, 0) is 13.2 Å². The van der Waals surface area contributed by atoms with Gasteiger partial charge in [0.1, 0.15) is 0 Å². The molecule has 0 saturated heterocycles. The molecule has 0 fully saturated rings. The maximum Gasteiger partial charge on any atom is 0.449 e. The van der Waals surface area contributed by atoms with E-state index in [9.17, 15) is 13.2 Å². The van der Waals surface area contributed by atoms with E-state index >= 15 is 0 Å². The summed E-state index contributed by atoms with van der Waals surface area (Å²) in [6.07, 6.45) is 1.89. The fourth-order valence-electron chi connectivity index (χ4n) is 1.38. The van der Waals surface area contributed by atoms with Gasteiger partial charge in [0.15, 0.2) is 0 Å². The molecule has 0 N–H and O–H groups in total. The monoisotopic (exact) mass is 256 g/mol. The van der Waals surface area contributed by atoms with Crippen molar-refractivity contribution in [2.45, 2.75) is 20.0 Å². The fraction of sp³-hybridized carbons (Fsp3) is 0.308. The molecule has 0 aliphatic rings. The topological polar surface area (TPSA) is 17.8 Å². The van der Waals surface area contributed by atoms with E-state index in [1.54, 1.807) is 12.2 Å². The normalized spacial score (nSPS) is 12.4. The van der Waals surface area contributed by atoms with Crippen LogP contribution < -0.4 is 0 Å². The number of hydrogen-bond acceptors (Lipinski definition) is 1. The van der Waals surface area contributed by atoms with Gasteiger partial charge < -0.3 is 4.57 Å². The van der Waals surface area contributed by atoms with Gasteiger partial charge in [0.25, 0.3) is 0 Å². The van der Waals surface area contributed by atoms with Crippen molar-refractivity contribution in [3.8, 4) is 0 Å². The van der Waals surface area contributed by atoms with Gasteiger partial charge in [0.05, 0.1) is 5.69 Å². The first-order chi connectivity index (χ1) is 8.25. The Morgan fingerprint density at radius 1 is 1.33 bits per heavy atom. The van der Waals surface area contributed by atoms with E-state index in [1.165, 1.54) is 19.3 Å². The van der Waals surface area contributed by atoms with Gasteiger partial charge in [0, 0.05) is 18.8 Å². The molecule has 0 saturated carbocycles. The van der Waals surface area contributed by atoms with E-state index in [4.69, 9.17) is 0 Å². The van der Waals surface area contributed by atoms with Crippen LogP contribution in [0.5, 0.6) is 0 Å². The second kappa shape index (κ2) is 5.25. The number of aryl methyl sites for hydroxylation is 1. The van der Waals surface area contributed by atoms with Gasteiger partial charge in [-0.3, -0.25) is 0 Å². The molecule has 0 radical (unpaired) electrons. The van der Waals surface area contributed by atoms with Gasteiger partial charge in [-0.15, -0.1) is 0 Å². The molecule has 1 heterocycles. The van der Waals surface area contributed by atoms with E-state index in [2.05, 4.69) is 11.6 Å². The minimum atomic E-state index is -4.45. The van der Waals surface area contributed by atoms with Gasteiger partial charge in [0.2, 0.25) is 5.82 Å². The molecular weight excluding hydrogens is 241 g/mol. The Morgan fingerprint density at radius 3 is 2.33 bits per heavy atom. The first-order valence-corrected chi connectivity index (χ1v) is 5.34. The van der Waals surface area contributed by atoms with Crippen molar-refractivity contribution >= 4 is 5.57 Å². The van der Waals surface area contributed by atoms with Crippen LogP contribution in [0.4, 0.5) is 13.2 Å². The quantitative estimate of drug-likeness (QED) is 0.748. The molecule has 1 aromatic rings. The highest BCUT2D eigenvalue weighted by Gasteiger charge is 2.36. The lowest BCUT2D eigenvalue weighted by molar-refractivity contribution is -0.146. The molecule has 0 aromatic carbocycles. The summed E-state index contributed by atoms with van der Waals surface area (Å²) >= 11 is 0. The summed E-state index contributed by atoms with van der Waals surface area (Å²) in [5.41, 5.74) is 1.86. The second-order valence-corrected chi connectivity index (χ2v) is 4.13. The summed E-state index contributed by atoms with van der Waals surface area (Å²) in [5, 5.41) is 0. The summed E-state index contributed by atoms with van der Waals surface area (Å²) in [6, 6.07) is 0. The van der Waals surface area contributed by atoms with Crippen LogP contribution in [0.2, 0.25) is 0 Å². The number of imidazole rings is 1. The fourth-order valence-corrected chi connectivity index (χ4v) is 1.38. The minimum absolute atomic E-state index is 0.261. The maximum absolute atomic E-state index is 12.6. The number of aromatic nitrogens is 2. The van der Waals surface area contributed by atoms with Gasteiger partial charge >= 0.3 is 6.18 Å². The van der Waals surface area contributed by atoms with Crippen molar-refractivity contribution in [2.24, 2.45) is 7.05 Å². The van der Waals surface area contributed by atoms with Gasteiger partial charge in [-0.1, -0.05) is 30.4 Å². The molecule has 0 atom stereocenters. The van der Waals surface area contributed by atoms with Crippen LogP contribution in [0.25, 0.3) is 5.57 Å². The Kier molecular flexibility index (Phi) is 4.16. The largest absolute Gasteiger partial charge is 0.449 e. The lowest BCUT2D eigenvalue weighted by Crippen LogP contribution is -2.12.